The fourth-order valence-corrected chi connectivity index (χ4v) is 3.84. The van der Waals surface area contributed by atoms with Gasteiger partial charge in [-0.2, -0.15) is 0 Å². The van der Waals surface area contributed by atoms with Crippen LogP contribution in [0.25, 0.3) is 0 Å². The Kier molecular flexibility index (Phi) is 2.99. The molecular formula is C13H20N2OS. The van der Waals surface area contributed by atoms with E-state index in [1.54, 1.807) is 0 Å². The van der Waals surface area contributed by atoms with Gasteiger partial charge in [-0.1, -0.05) is 0 Å². The number of likely N-dealkylation sites (tertiary alicyclic amines) is 1. The molecule has 0 saturated carbocycles. The molecule has 0 aromatic carbocycles. The third kappa shape index (κ3) is 2.03. The molecule has 2 fully saturated rings. The highest BCUT2D eigenvalue weighted by molar-refractivity contribution is 7.10. The van der Waals surface area contributed by atoms with Crippen molar-refractivity contribution in [3.8, 4) is 0 Å². The van der Waals surface area contributed by atoms with Gasteiger partial charge in [0, 0.05) is 24.5 Å². The minimum atomic E-state index is 0.000509. The Hall–Kier alpha value is -0.420. The third-order valence-corrected chi connectivity index (χ3v) is 4.78. The summed E-state index contributed by atoms with van der Waals surface area (Å²) in [7, 11) is 2.18. The average Bonchev–Trinajstić information content (AvgIpc) is 2.88. The zero-order valence-electron chi connectivity index (χ0n) is 10.5. The number of thiophene rings is 1. The topological polar surface area (TPSA) is 24.5 Å². The van der Waals surface area contributed by atoms with Gasteiger partial charge in [-0.05, 0) is 37.4 Å². The molecule has 0 amide bonds. The maximum absolute atomic E-state index is 6.17. The molecule has 2 aliphatic heterocycles. The van der Waals surface area contributed by atoms with E-state index < -0.39 is 0 Å². The zero-order chi connectivity index (χ0) is 11.9. The van der Waals surface area contributed by atoms with Crippen molar-refractivity contribution in [2.75, 3.05) is 33.3 Å². The van der Waals surface area contributed by atoms with Crippen LogP contribution in [0, 0.1) is 6.92 Å². The van der Waals surface area contributed by atoms with Crippen molar-refractivity contribution in [2.45, 2.75) is 25.0 Å². The summed E-state index contributed by atoms with van der Waals surface area (Å²) >= 11 is 1.83. The summed E-state index contributed by atoms with van der Waals surface area (Å²) in [5.74, 6) is 0. The van der Waals surface area contributed by atoms with Crippen molar-refractivity contribution < 1.29 is 4.74 Å². The second-order valence-electron chi connectivity index (χ2n) is 5.28. The molecule has 3 nitrogen and oxygen atoms in total. The third-order valence-electron chi connectivity index (χ3n) is 3.90. The maximum Gasteiger partial charge on any atom is 0.101 e. The van der Waals surface area contributed by atoms with Crippen LogP contribution < -0.4 is 5.32 Å². The lowest BCUT2D eigenvalue weighted by atomic mass is 9.87. The summed E-state index contributed by atoms with van der Waals surface area (Å²) in [4.78, 5) is 3.76. The van der Waals surface area contributed by atoms with Crippen molar-refractivity contribution in [3.05, 3.63) is 21.9 Å². The molecule has 4 heteroatoms. The van der Waals surface area contributed by atoms with Gasteiger partial charge in [0.25, 0.3) is 0 Å². The highest BCUT2D eigenvalue weighted by Gasteiger charge is 2.47. The number of ether oxygens (including phenoxy) is 1. The summed E-state index contributed by atoms with van der Waals surface area (Å²) in [5.41, 5.74) is 1.41. The normalized spacial score (nSPS) is 34.6. The molecule has 2 saturated heterocycles. The van der Waals surface area contributed by atoms with Gasteiger partial charge >= 0.3 is 0 Å². The smallest absolute Gasteiger partial charge is 0.101 e. The molecule has 3 rings (SSSR count). The summed E-state index contributed by atoms with van der Waals surface area (Å²) in [6.07, 6.45) is 1.13. The van der Waals surface area contributed by atoms with Crippen LogP contribution in [0.4, 0.5) is 0 Å². The van der Waals surface area contributed by atoms with Crippen LogP contribution >= 0.6 is 11.3 Å². The number of nitrogens with one attached hydrogen (secondary N) is 1. The number of likely N-dealkylation sites (N-methyl/N-ethyl adjacent to an activating group) is 1. The zero-order valence-corrected chi connectivity index (χ0v) is 11.3. The van der Waals surface area contributed by atoms with Gasteiger partial charge in [0.15, 0.2) is 0 Å². The number of morpholine rings is 1. The van der Waals surface area contributed by atoms with Gasteiger partial charge in [-0.15, -0.1) is 11.3 Å². The summed E-state index contributed by atoms with van der Waals surface area (Å²) < 4.78 is 6.17. The Labute approximate surface area is 107 Å². The molecule has 1 spiro atoms. The molecule has 94 valence electrons. The number of hydrogen-bond donors (Lipinski definition) is 1. The minimum absolute atomic E-state index is 0.000509. The Bertz CT molecular complexity index is 402. The quantitative estimate of drug-likeness (QED) is 0.825. The summed E-state index contributed by atoms with van der Waals surface area (Å²) in [5, 5.41) is 5.94. The van der Waals surface area contributed by atoms with E-state index in [9.17, 15) is 0 Å². The van der Waals surface area contributed by atoms with E-state index in [0.29, 0.717) is 6.04 Å². The lowest BCUT2D eigenvalue weighted by Crippen LogP contribution is -2.53. The Morgan fingerprint density at radius 1 is 1.59 bits per heavy atom. The van der Waals surface area contributed by atoms with E-state index in [-0.39, 0.29) is 5.60 Å². The van der Waals surface area contributed by atoms with Crippen LogP contribution in [-0.4, -0.2) is 43.8 Å². The van der Waals surface area contributed by atoms with Crippen LogP contribution in [0.5, 0.6) is 0 Å². The van der Waals surface area contributed by atoms with E-state index in [4.69, 9.17) is 4.74 Å². The van der Waals surface area contributed by atoms with Crippen molar-refractivity contribution >= 4 is 11.3 Å². The van der Waals surface area contributed by atoms with E-state index in [1.165, 1.54) is 10.4 Å². The van der Waals surface area contributed by atoms with Crippen LogP contribution in [0.1, 0.15) is 22.9 Å². The highest BCUT2D eigenvalue weighted by Crippen LogP contribution is 2.39. The fourth-order valence-electron chi connectivity index (χ4n) is 3.11. The van der Waals surface area contributed by atoms with Crippen molar-refractivity contribution in [1.29, 1.82) is 0 Å². The average molecular weight is 252 g/mol. The van der Waals surface area contributed by atoms with Crippen LogP contribution in [-0.2, 0) is 4.74 Å². The number of aryl methyl sites for hydroxylation is 1. The lowest BCUT2D eigenvalue weighted by molar-refractivity contribution is -0.0888. The first-order chi connectivity index (χ1) is 8.20. The molecule has 2 unspecified atom stereocenters. The SMILES string of the molecule is Cc1cc(C2NCCOC23CCN(C)C3)cs1. The molecule has 1 aromatic heterocycles. The fraction of sp³-hybridized carbons (Fsp3) is 0.692. The second kappa shape index (κ2) is 4.35. The van der Waals surface area contributed by atoms with Crippen molar-refractivity contribution in [3.63, 3.8) is 0 Å². The van der Waals surface area contributed by atoms with Gasteiger partial charge < -0.3 is 15.0 Å². The standard InChI is InChI=1S/C13H20N2OS/c1-10-7-11(8-17-10)12-13(16-6-4-14-12)3-5-15(2)9-13/h7-8,12,14H,3-6,9H2,1-2H3. The molecule has 17 heavy (non-hydrogen) atoms. The molecule has 1 aromatic rings. The first-order valence-electron chi connectivity index (χ1n) is 6.31. The van der Waals surface area contributed by atoms with Crippen molar-refractivity contribution in [2.24, 2.45) is 0 Å². The summed E-state index contributed by atoms with van der Waals surface area (Å²) in [6.45, 7) is 6.16. The largest absolute Gasteiger partial charge is 0.370 e. The van der Waals surface area contributed by atoms with Crippen LogP contribution in [0.2, 0.25) is 0 Å². The molecule has 3 heterocycles. The van der Waals surface area contributed by atoms with Gasteiger partial charge in [-0.25, -0.2) is 0 Å². The molecule has 0 aliphatic carbocycles. The number of hydrogen-bond acceptors (Lipinski definition) is 4. The molecule has 2 atom stereocenters. The van der Waals surface area contributed by atoms with Gasteiger partial charge in [0.2, 0.25) is 0 Å². The maximum atomic E-state index is 6.17. The Balaban J connectivity index is 1.90. The molecule has 0 bridgehead atoms. The highest BCUT2D eigenvalue weighted by atomic mass is 32.1. The lowest BCUT2D eigenvalue weighted by Gasteiger charge is -2.41. The van der Waals surface area contributed by atoms with E-state index in [2.05, 4.69) is 35.6 Å². The van der Waals surface area contributed by atoms with Gasteiger partial charge in [0.1, 0.15) is 5.60 Å². The molecular weight excluding hydrogens is 232 g/mol. The van der Waals surface area contributed by atoms with E-state index >= 15 is 0 Å². The Morgan fingerprint density at radius 2 is 2.47 bits per heavy atom. The monoisotopic (exact) mass is 252 g/mol. The van der Waals surface area contributed by atoms with Crippen molar-refractivity contribution in [1.82, 2.24) is 10.2 Å². The van der Waals surface area contributed by atoms with Gasteiger partial charge in [-0.3, -0.25) is 0 Å². The first-order valence-corrected chi connectivity index (χ1v) is 7.18. The van der Waals surface area contributed by atoms with E-state index in [0.717, 1.165) is 32.7 Å². The predicted octanol–water partition coefficient (Wildman–Crippen LogP) is 1.79. The molecule has 2 aliphatic rings. The molecule has 0 radical (unpaired) electrons. The van der Waals surface area contributed by atoms with Gasteiger partial charge in [0.05, 0.1) is 12.6 Å². The predicted molar refractivity (Wildman–Crippen MR) is 70.6 cm³/mol. The minimum Gasteiger partial charge on any atom is -0.370 e. The summed E-state index contributed by atoms with van der Waals surface area (Å²) in [6, 6.07) is 2.67. The first kappa shape index (κ1) is 11.7. The number of nitrogens with zero attached hydrogens (tertiary/aromatic N) is 1. The molecule has 1 N–H and O–H groups in total. The Morgan fingerprint density at radius 3 is 3.12 bits per heavy atom. The van der Waals surface area contributed by atoms with Crippen LogP contribution in [0.15, 0.2) is 11.4 Å². The number of rotatable bonds is 1. The van der Waals surface area contributed by atoms with E-state index in [1.807, 2.05) is 11.3 Å². The second-order valence-corrected chi connectivity index (χ2v) is 6.39. The van der Waals surface area contributed by atoms with Crippen LogP contribution in [0.3, 0.4) is 0 Å².